The first-order valence-corrected chi connectivity index (χ1v) is 2.61. The van der Waals surface area contributed by atoms with E-state index in [9.17, 15) is 0 Å². The Hall–Kier alpha value is -0.700. The van der Waals surface area contributed by atoms with Crippen LogP contribution in [0, 0.1) is 0 Å². The second-order valence-electron chi connectivity index (χ2n) is 1.63. The minimum Gasteiger partial charge on any atom is -0.0743 e. The molecule has 0 heteroatoms. The van der Waals surface area contributed by atoms with Crippen molar-refractivity contribution in [1.29, 1.82) is 0 Å². The molecule has 0 radical (unpaired) electrons. The van der Waals surface area contributed by atoms with Crippen LogP contribution in [0.5, 0.6) is 0 Å². The van der Waals surface area contributed by atoms with E-state index in [4.69, 9.17) is 0 Å². The van der Waals surface area contributed by atoms with Gasteiger partial charge < -0.3 is 0 Å². The fourth-order valence-corrected chi connectivity index (χ4v) is 0.611. The second kappa shape index (κ2) is 1.84. The quantitative estimate of drug-likeness (QED) is 0.434. The Kier molecular flexibility index (Phi) is 1.17. The first-order valence-electron chi connectivity index (χ1n) is 2.61. The van der Waals surface area contributed by atoms with Gasteiger partial charge in [0.25, 0.3) is 0 Å². The Morgan fingerprint density at radius 3 is 3.00 bits per heavy atom. The minimum atomic E-state index is 1.08. The number of hydrogen-bond donors (Lipinski definition) is 0. The summed E-state index contributed by atoms with van der Waals surface area (Å²) in [7, 11) is 0. The Labute approximate surface area is 43.9 Å². The first-order chi connectivity index (χ1) is 3.43. The highest BCUT2D eigenvalue weighted by molar-refractivity contribution is 5.11. The topological polar surface area (TPSA) is 0 Å². The third kappa shape index (κ3) is 0.838. The summed E-state index contributed by atoms with van der Waals surface area (Å²) in [5.41, 5.74) is 7.30. The van der Waals surface area contributed by atoms with Crippen molar-refractivity contribution in [2.75, 3.05) is 0 Å². The summed E-state index contributed by atoms with van der Waals surface area (Å²) < 4.78 is 0. The predicted octanol–water partition coefficient (Wildman–Crippen LogP) is 2.04. The summed E-state index contributed by atoms with van der Waals surface area (Å²) in [5, 5.41) is 0. The maximum Gasteiger partial charge on any atom is 0.00264 e. The van der Waals surface area contributed by atoms with Crippen molar-refractivity contribution >= 4 is 0 Å². The molecule has 0 heterocycles. The molecule has 0 unspecified atom stereocenters. The smallest absolute Gasteiger partial charge is 0.00264 e. The average Bonchev–Trinajstić information content (AvgIpc) is 2.14. The van der Waals surface area contributed by atoms with E-state index in [2.05, 4.69) is 18.4 Å². The van der Waals surface area contributed by atoms with Crippen molar-refractivity contribution in [3.05, 3.63) is 23.1 Å². The van der Waals surface area contributed by atoms with Gasteiger partial charge in [-0.3, -0.25) is 0 Å². The molecule has 0 aromatic rings. The Morgan fingerprint density at radius 1 is 1.86 bits per heavy atom. The molecule has 0 saturated heterocycles. The van der Waals surface area contributed by atoms with Gasteiger partial charge in [0.2, 0.25) is 0 Å². The first kappa shape index (κ1) is 4.46. The van der Waals surface area contributed by atoms with Crippen LogP contribution in [-0.4, -0.2) is 0 Å². The summed E-state index contributed by atoms with van der Waals surface area (Å²) in [6.07, 6.45) is 4.22. The predicted molar refractivity (Wildman–Crippen MR) is 30.0 cm³/mol. The lowest BCUT2D eigenvalue weighted by Gasteiger charge is -1.85. The van der Waals surface area contributed by atoms with Gasteiger partial charge in [0.1, 0.15) is 0 Å². The van der Waals surface area contributed by atoms with Crippen molar-refractivity contribution in [3.63, 3.8) is 0 Å². The minimum absolute atomic E-state index is 1.08. The van der Waals surface area contributed by atoms with Crippen LogP contribution in [0.4, 0.5) is 0 Å². The fraction of sp³-hybridized carbons (Fsp3) is 0.429. The third-order valence-corrected chi connectivity index (χ3v) is 1.13. The van der Waals surface area contributed by atoms with Gasteiger partial charge in [-0.1, -0.05) is 18.4 Å². The van der Waals surface area contributed by atoms with Crippen LogP contribution < -0.4 is 0 Å². The zero-order valence-electron chi connectivity index (χ0n) is 4.49. The molecule has 1 aliphatic rings. The molecular weight excluding hydrogens is 84.1 g/mol. The lowest BCUT2D eigenvalue weighted by molar-refractivity contribution is 1.05. The van der Waals surface area contributed by atoms with Crippen LogP contribution in [0.3, 0.4) is 0 Å². The molecule has 0 spiro atoms. The highest BCUT2D eigenvalue weighted by atomic mass is 13.9. The molecule has 0 aromatic carbocycles. The molecule has 0 saturated carbocycles. The van der Waals surface area contributed by atoms with E-state index >= 15 is 0 Å². The molecule has 7 heavy (non-hydrogen) atoms. The van der Waals surface area contributed by atoms with E-state index in [1.165, 1.54) is 5.57 Å². The maximum absolute atomic E-state index is 3.02. The van der Waals surface area contributed by atoms with Gasteiger partial charge in [-0.05, 0) is 18.1 Å². The molecule has 0 N–H and O–H groups in total. The molecule has 0 amide bonds. The Bertz CT molecular complexity index is 151. The summed E-state index contributed by atoms with van der Waals surface area (Å²) in [5.74, 6) is 0. The lowest BCUT2D eigenvalue weighted by atomic mass is 10.2. The summed E-state index contributed by atoms with van der Waals surface area (Å²) in [6.45, 7) is 2.14. The highest BCUT2D eigenvalue weighted by Crippen LogP contribution is 2.07. The summed E-state index contributed by atoms with van der Waals surface area (Å²) in [4.78, 5) is 0. The van der Waals surface area contributed by atoms with Gasteiger partial charge in [-0.25, -0.2) is 0 Å². The van der Waals surface area contributed by atoms with Gasteiger partial charge in [0.05, 0.1) is 0 Å². The van der Waals surface area contributed by atoms with Gasteiger partial charge in [-0.15, -0.1) is 0 Å². The Balaban J connectivity index is 2.77. The van der Waals surface area contributed by atoms with Crippen molar-refractivity contribution in [2.24, 2.45) is 0 Å². The van der Waals surface area contributed by atoms with Crippen molar-refractivity contribution in [2.45, 2.75) is 19.8 Å². The molecule has 0 aliphatic heterocycles. The number of allylic oxidation sites excluding steroid dienone is 2. The molecule has 0 atom stereocenters. The molecule has 36 valence electrons. The summed E-state index contributed by atoms with van der Waals surface area (Å²) >= 11 is 0. The van der Waals surface area contributed by atoms with E-state index in [-0.39, 0.29) is 0 Å². The normalized spacial score (nSPS) is 15.3. The third-order valence-electron chi connectivity index (χ3n) is 1.13. The SMILES string of the molecule is CCC1=C=C=CC1. The summed E-state index contributed by atoms with van der Waals surface area (Å²) in [6, 6.07) is 0. The van der Waals surface area contributed by atoms with E-state index in [1.807, 2.05) is 6.08 Å². The number of hydrogen-bond acceptors (Lipinski definition) is 0. The van der Waals surface area contributed by atoms with Crippen LogP contribution in [0.2, 0.25) is 0 Å². The van der Waals surface area contributed by atoms with E-state index in [0.29, 0.717) is 0 Å². The fourth-order valence-electron chi connectivity index (χ4n) is 0.611. The molecule has 0 nitrogen and oxygen atoms in total. The zero-order valence-corrected chi connectivity index (χ0v) is 4.49. The van der Waals surface area contributed by atoms with Crippen LogP contribution in [-0.2, 0) is 0 Å². The molecule has 0 aromatic heterocycles. The molecule has 0 fully saturated rings. The zero-order chi connectivity index (χ0) is 5.11. The average molecular weight is 92.1 g/mol. The Morgan fingerprint density at radius 2 is 2.71 bits per heavy atom. The van der Waals surface area contributed by atoms with Crippen molar-refractivity contribution in [3.8, 4) is 0 Å². The maximum atomic E-state index is 3.02. The highest BCUT2D eigenvalue weighted by Gasteiger charge is 1.89. The largest absolute Gasteiger partial charge is 0.0743 e. The van der Waals surface area contributed by atoms with E-state index < -0.39 is 0 Å². The van der Waals surface area contributed by atoms with Crippen molar-refractivity contribution < 1.29 is 0 Å². The standard InChI is InChI=1S/C7H8/c1-2-7-5-3-4-6-7/h3H,2,5H2,1H3. The van der Waals surface area contributed by atoms with Gasteiger partial charge in [0, 0.05) is 6.42 Å². The molecular formula is C7H8. The molecule has 1 aliphatic carbocycles. The van der Waals surface area contributed by atoms with Gasteiger partial charge in [-0.2, -0.15) is 0 Å². The van der Waals surface area contributed by atoms with Crippen LogP contribution in [0.25, 0.3) is 0 Å². The molecule has 0 bridgehead atoms. The van der Waals surface area contributed by atoms with Crippen LogP contribution in [0.1, 0.15) is 19.8 Å². The van der Waals surface area contributed by atoms with E-state index in [0.717, 1.165) is 12.8 Å². The van der Waals surface area contributed by atoms with Crippen molar-refractivity contribution in [1.82, 2.24) is 0 Å². The van der Waals surface area contributed by atoms with E-state index in [1.54, 1.807) is 0 Å². The molecule has 1 rings (SSSR count). The number of rotatable bonds is 1. The second-order valence-corrected chi connectivity index (χ2v) is 1.63. The van der Waals surface area contributed by atoms with Crippen LogP contribution in [0.15, 0.2) is 23.1 Å². The van der Waals surface area contributed by atoms with Gasteiger partial charge in [0.15, 0.2) is 0 Å². The lowest BCUT2D eigenvalue weighted by Crippen LogP contribution is -1.68. The monoisotopic (exact) mass is 92.1 g/mol. The van der Waals surface area contributed by atoms with Gasteiger partial charge >= 0.3 is 0 Å². The van der Waals surface area contributed by atoms with Crippen LogP contribution >= 0.6 is 0 Å².